The number of methoxy groups -OCH3 is 2. The Balaban J connectivity index is 1.88. The van der Waals surface area contributed by atoms with Crippen molar-refractivity contribution in [3.8, 4) is 11.5 Å². The van der Waals surface area contributed by atoms with E-state index in [4.69, 9.17) is 23.4 Å². The lowest BCUT2D eigenvalue weighted by Gasteiger charge is -2.25. The summed E-state index contributed by atoms with van der Waals surface area (Å²) in [5.41, 5.74) is -1.75. The van der Waals surface area contributed by atoms with Gasteiger partial charge in [0, 0.05) is 19.7 Å². The summed E-state index contributed by atoms with van der Waals surface area (Å²) in [5, 5.41) is 3.58. The van der Waals surface area contributed by atoms with Gasteiger partial charge >= 0.3 is 6.09 Å². The van der Waals surface area contributed by atoms with Crippen LogP contribution < -0.4 is 19.7 Å². The SMILES string of the molecule is COc1cc(OC)c(F)c(C(=O)c2oc3cnc(N[C@H]4CCCOC4)cc3c2N(C)C(=O)OC(C)(C)C)c1F. The summed E-state index contributed by atoms with van der Waals surface area (Å²) in [6.45, 7) is 6.23. The lowest BCUT2D eigenvalue weighted by molar-refractivity contribution is 0.0589. The standard InChI is InChI=1S/C27H31F2N3O7/c1-27(2,3)39-26(34)32(4)23-15-10-19(31-14-8-7-9-37-13-14)30-12-18(15)38-25(23)24(33)20-21(28)16(35-5)11-17(36-6)22(20)29/h10-12,14H,7-9,13H2,1-6H3,(H,30,31)/t14-/m0/s1. The number of ether oxygens (including phenoxy) is 4. The number of furan rings is 1. The largest absolute Gasteiger partial charge is 0.494 e. The Bertz CT molecular complexity index is 1370. The Kier molecular flexibility index (Phi) is 7.96. The molecule has 3 heterocycles. The van der Waals surface area contributed by atoms with Crippen molar-refractivity contribution >= 4 is 34.4 Å². The molecule has 0 spiro atoms. The van der Waals surface area contributed by atoms with E-state index in [1.165, 1.54) is 27.5 Å². The van der Waals surface area contributed by atoms with E-state index >= 15 is 8.78 Å². The number of amides is 1. The smallest absolute Gasteiger partial charge is 0.414 e. The number of carbonyl (C=O) groups is 2. The predicted molar refractivity (Wildman–Crippen MR) is 139 cm³/mol. The molecule has 1 atom stereocenters. The number of nitrogens with zero attached hydrogens (tertiary/aromatic N) is 2. The van der Waals surface area contributed by atoms with Crippen molar-refractivity contribution in [2.45, 2.75) is 45.3 Å². The zero-order valence-electron chi connectivity index (χ0n) is 22.6. The molecule has 12 heteroatoms. The second-order valence-corrected chi connectivity index (χ2v) is 10.1. The minimum atomic E-state index is -1.25. The van der Waals surface area contributed by atoms with E-state index < -0.39 is 51.9 Å². The number of nitrogens with one attached hydrogen (secondary N) is 1. The van der Waals surface area contributed by atoms with Gasteiger partial charge in [-0.3, -0.25) is 9.69 Å². The lowest BCUT2D eigenvalue weighted by atomic mass is 10.0. The van der Waals surface area contributed by atoms with Crippen LogP contribution in [0.2, 0.25) is 0 Å². The topological polar surface area (TPSA) is 112 Å². The zero-order valence-corrected chi connectivity index (χ0v) is 22.6. The van der Waals surface area contributed by atoms with Crippen LogP contribution in [0.3, 0.4) is 0 Å². The summed E-state index contributed by atoms with van der Waals surface area (Å²) in [6.07, 6.45) is 2.31. The van der Waals surface area contributed by atoms with Gasteiger partial charge < -0.3 is 28.7 Å². The molecule has 1 saturated heterocycles. The number of anilines is 2. The molecule has 1 amide bonds. The second kappa shape index (κ2) is 11.0. The van der Waals surface area contributed by atoms with Crippen LogP contribution in [0.5, 0.6) is 11.5 Å². The van der Waals surface area contributed by atoms with Gasteiger partial charge in [0.05, 0.1) is 38.5 Å². The second-order valence-electron chi connectivity index (χ2n) is 10.1. The minimum Gasteiger partial charge on any atom is -0.494 e. The van der Waals surface area contributed by atoms with Gasteiger partial charge in [0.1, 0.15) is 22.7 Å². The van der Waals surface area contributed by atoms with Crippen molar-refractivity contribution in [3.63, 3.8) is 0 Å². The molecule has 3 aromatic rings. The first-order valence-electron chi connectivity index (χ1n) is 12.3. The maximum atomic E-state index is 15.3. The quantitative estimate of drug-likeness (QED) is 0.393. The zero-order chi connectivity index (χ0) is 28.5. The van der Waals surface area contributed by atoms with Gasteiger partial charge in [-0.05, 0) is 39.7 Å². The van der Waals surface area contributed by atoms with E-state index in [1.807, 2.05) is 0 Å². The number of carbonyl (C=O) groups excluding carboxylic acids is 2. The molecule has 1 aliphatic heterocycles. The lowest BCUT2D eigenvalue weighted by Crippen LogP contribution is -2.34. The summed E-state index contributed by atoms with van der Waals surface area (Å²) in [4.78, 5) is 32.2. The van der Waals surface area contributed by atoms with Gasteiger partial charge in [-0.2, -0.15) is 0 Å². The number of aromatic nitrogens is 1. The maximum absolute atomic E-state index is 15.3. The van der Waals surface area contributed by atoms with Crippen molar-refractivity contribution in [3.05, 3.63) is 41.3 Å². The highest BCUT2D eigenvalue weighted by Crippen LogP contribution is 2.39. The number of pyridine rings is 1. The molecule has 2 aromatic heterocycles. The Labute approximate surface area is 224 Å². The first kappa shape index (κ1) is 28.1. The Morgan fingerprint density at radius 1 is 1.13 bits per heavy atom. The maximum Gasteiger partial charge on any atom is 0.414 e. The molecular formula is C27H31F2N3O7. The van der Waals surface area contributed by atoms with Crippen LogP contribution in [0.25, 0.3) is 11.0 Å². The van der Waals surface area contributed by atoms with Crippen LogP contribution in [0.15, 0.2) is 22.7 Å². The van der Waals surface area contributed by atoms with Crippen LogP contribution in [-0.2, 0) is 9.47 Å². The molecule has 1 aliphatic rings. The van der Waals surface area contributed by atoms with Gasteiger partial charge in [-0.1, -0.05) is 0 Å². The van der Waals surface area contributed by atoms with Gasteiger partial charge in [0.25, 0.3) is 0 Å². The van der Waals surface area contributed by atoms with Gasteiger partial charge in [-0.15, -0.1) is 0 Å². The van der Waals surface area contributed by atoms with Crippen molar-refractivity contribution in [2.24, 2.45) is 0 Å². The molecule has 0 saturated carbocycles. The minimum absolute atomic E-state index is 0.0104. The van der Waals surface area contributed by atoms with Crippen molar-refractivity contribution in [2.75, 3.05) is 44.7 Å². The number of hydrogen-bond donors (Lipinski definition) is 1. The number of hydrogen-bond acceptors (Lipinski definition) is 9. The Morgan fingerprint density at radius 3 is 2.36 bits per heavy atom. The highest BCUT2D eigenvalue weighted by Gasteiger charge is 2.34. The predicted octanol–water partition coefficient (Wildman–Crippen LogP) is 5.32. The van der Waals surface area contributed by atoms with Crippen LogP contribution >= 0.6 is 0 Å². The average Bonchev–Trinajstić information content (AvgIpc) is 3.27. The summed E-state index contributed by atoms with van der Waals surface area (Å²) < 4.78 is 57.2. The van der Waals surface area contributed by atoms with Gasteiger partial charge in [0.15, 0.2) is 34.5 Å². The monoisotopic (exact) mass is 547 g/mol. The summed E-state index contributed by atoms with van der Waals surface area (Å²) in [7, 11) is 3.71. The molecule has 10 nitrogen and oxygen atoms in total. The van der Waals surface area contributed by atoms with E-state index in [9.17, 15) is 9.59 Å². The molecule has 1 fully saturated rings. The van der Waals surface area contributed by atoms with Gasteiger partial charge in [-0.25, -0.2) is 18.6 Å². The molecule has 0 bridgehead atoms. The van der Waals surface area contributed by atoms with Crippen molar-refractivity contribution in [1.82, 2.24) is 4.98 Å². The number of halogens is 2. The number of rotatable bonds is 7. The Hall–Kier alpha value is -3.93. The number of benzene rings is 1. The molecule has 0 unspecified atom stereocenters. The number of fused-ring (bicyclic) bond motifs is 1. The third kappa shape index (κ3) is 5.75. The van der Waals surface area contributed by atoms with Crippen molar-refractivity contribution in [1.29, 1.82) is 0 Å². The molecular weight excluding hydrogens is 516 g/mol. The Morgan fingerprint density at radius 2 is 1.79 bits per heavy atom. The first-order chi connectivity index (χ1) is 18.4. The molecule has 4 rings (SSSR count). The normalized spacial score (nSPS) is 15.6. The van der Waals surface area contributed by atoms with E-state index in [0.717, 1.165) is 23.8 Å². The fourth-order valence-corrected chi connectivity index (χ4v) is 4.24. The fourth-order valence-electron chi connectivity index (χ4n) is 4.24. The first-order valence-corrected chi connectivity index (χ1v) is 12.3. The molecule has 0 aliphatic carbocycles. The third-order valence-corrected chi connectivity index (χ3v) is 6.07. The van der Waals surface area contributed by atoms with Gasteiger partial charge in [0.2, 0.25) is 5.78 Å². The van der Waals surface area contributed by atoms with Crippen LogP contribution in [0.1, 0.15) is 49.7 Å². The average molecular weight is 548 g/mol. The fraction of sp³-hybridized carbons (Fsp3) is 0.444. The summed E-state index contributed by atoms with van der Waals surface area (Å²) >= 11 is 0. The third-order valence-electron chi connectivity index (χ3n) is 6.07. The molecule has 39 heavy (non-hydrogen) atoms. The van der Waals surface area contributed by atoms with Crippen LogP contribution in [0.4, 0.5) is 25.1 Å². The van der Waals surface area contributed by atoms with Crippen molar-refractivity contribution < 1.29 is 41.7 Å². The van der Waals surface area contributed by atoms with Crippen LogP contribution in [-0.4, -0.2) is 63.0 Å². The van der Waals surface area contributed by atoms with E-state index in [-0.39, 0.29) is 17.3 Å². The van der Waals surface area contributed by atoms with E-state index in [1.54, 1.807) is 26.8 Å². The molecule has 0 radical (unpaired) electrons. The summed E-state index contributed by atoms with van der Waals surface area (Å²) in [5.74, 6) is -4.52. The van der Waals surface area contributed by atoms with Crippen LogP contribution in [0, 0.1) is 11.6 Å². The summed E-state index contributed by atoms with van der Waals surface area (Å²) in [6, 6.07) is 2.60. The number of ketones is 1. The highest BCUT2D eigenvalue weighted by atomic mass is 19.1. The molecule has 1 aromatic carbocycles. The van der Waals surface area contributed by atoms with E-state index in [0.29, 0.717) is 24.4 Å². The highest BCUT2D eigenvalue weighted by molar-refractivity contribution is 6.17. The molecule has 1 N–H and O–H groups in total. The van der Waals surface area contributed by atoms with E-state index in [2.05, 4.69) is 10.3 Å². The molecule has 210 valence electrons.